The fourth-order valence-corrected chi connectivity index (χ4v) is 4.60. The lowest BCUT2D eigenvalue weighted by atomic mass is 10.1. The SMILES string of the molecule is C=CS(=O)(=O)CCNc1nc(NCCCOC)c(C#N)c(C)c1/N=N/c1sc(/N=N/c2ccccc2)cc1C#N. The molecule has 0 amide bonds. The van der Waals surface area contributed by atoms with E-state index in [2.05, 4.69) is 54.8 Å². The van der Waals surface area contributed by atoms with Crippen molar-refractivity contribution in [3.05, 3.63) is 65.1 Å². The highest BCUT2D eigenvalue weighted by atomic mass is 32.2. The Morgan fingerprint density at radius 3 is 2.50 bits per heavy atom. The van der Waals surface area contributed by atoms with Gasteiger partial charge >= 0.3 is 0 Å². The lowest BCUT2D eigenvalue weighted by molar-refractivity contribution is 0.198. The van der Waals surface area contributed by atoms with Crippen molar-refractivity contribution in [1.82, 2.24) is 4.98 Å². The van der Waals surface area contributed by atoms with Crippen molar-refractivity contribution in [1.29, 1.82) is 10.5 Å². The molecule has 0 aliphatic heterocycles. The van der Waals surface area contributed by atoms with Gasteiger partial charge in [-0.05, 0) is 31.5 Å². The zero-order valence-electron chi connectivity index (χ0n) is 22.0. The van der Waals surface area contributed by atoms with Gasteiger partial charge in [-0.15, -0.1) is 20.5 Å². The summed E-state index contributed by atoms with van der Waals surface area (Å²) in [5.74, 6) is 0.332. The average molecular weight is 578 g/mol. The van der Waals surface area contributed by atoms with Crippen LogP contribution in [0, 0.1) is 29.6 Å². The van der Waals surface area contributed by atoms with Crippen LogP contribution in [0.15, 0.2) is 68.8 Å². The second kappa shape index (κ2) is 14.6. The molecule has 0 aliphatic rings. The number of benzene rings is 1. The Morgan fingerprint density at radius 2 is 1.82 bits per heavy atom. The molecule has 0 radical (unpaired) electrons. The number of azo groups is 2. The molecule has 2 heterocycles. The molecule has 0 atom stereocenters. The predicted octanol–water partition coefficient (Wildman–Crippen LogP) is 6.44. The minimum absolute atomic E-state index is 0.0186. The monoisotopic (exact) mass is 577 g/mol. The van der Waals surface area contributed by atoms with Gasteiger partial charge in [0.1, 0.15) is 28.6 Å². The molecule has 1 aromatic carbocycles. The van der Waals surface area contributed by atoms with Gasteiger partial charge in [0, 0.05) is 37.8 Å². The Balaban J connectivity index is 1.97. The van der Waals surface area contributed by atoms with Gasteiger partial charge in [0.15, 0.2) is 20.7 Å². The van der Waals surface area contributed by atoms with Crippen molar-refractivity contribution in [3.63, 3.8) is 0 Å². The Labute approximate surface area is 236 Å². The van der Waals surface area contributed by atoms with Crippen molar-refractivity contribution >= 4 is 54.2 Å². The smallest absolute Gasteiger partial charge is 0.172 e. The third kappa shape index (κ3) is 8.25. The summed E-state index contributed by atoms with van der Waals surface area (Å²) in [6, 6.07) is 14.9. The van der Waals surface area contributed by atoms with Crippen LogP contribution in [-0.4, -0.2) is 46.0 Å². The summed E-state index contributed by atoms with van der Waals surface area (Å²) in [6.45, 7) is 6.07. The molecule has 14 heteroatoms. The number of nitrogens with zero attached hydrogens (tertiary/aromatic N) is 7. The Hall–Kier alpha value is -4.50. The number of hydrogen-bond acceptors (Lipinski definition) is 13. The van der Waals surface area contributed by atoms with E-state index in [0.29, 0.717) is 46.6 Å². The van der Waals surface area contributed by atoms with Gasteiger partial charge < -0.3 is 15.4 Å². The van der Waals surface area contributed by atoms with Gasteiger partial charge in [-0.3, -0.25) is 0 Å². The zero-order chi connectivity index (χ0) is 29.0. The standard InChI is InChI=1S/C26H27N9O3S2/c1-4-40(36,37)14-12-30-25-23(18(2)21(17-28)24(31-25)29-11-8-13-38-3)34-35-26-19(16-27)15-22(39-26)33-32-20-9-6-5-7-10-20/h4-7,9-10,15H,1,8,11-14H2,2-3H3,(H2,29,30,31)/b33-32+,35-34+. The number of ether oxygens (including phenoxy) is 1. The molecule has 0 aliphatic carbocycles. The zero-order valence-corrected chi connectivity index (χ0v) is 23.6. The summed E-state index contributed by atoms with van der Waals surface area (Å²) in [5.41, 5.74) is 1.89. The first-order chi connectivity index (χ1) is 19.3. The van der Waals surface area contributed by atoms with Crippen LogP contribution in [0.2, 0.25) is 0 Å². The number of pyridine rings is 1. The molecular formula is C26H27N9O3S2. The number of methoxy groups -OCH3 is 1. The molecule has 0 fully saturated rings. The lowest BCUT2D eigenvalue weighted by Crippen LogP contribution is -2.16. The molecule has 2 aromatic heterocycles. The quantitative estimate of drug-likeness (QED) is 0.162. The van der Waals surface area contributed by atoms with E-state index in [-0.39, 0.29) is 34.9 Å². The molecule has 40 heavy (non-hydrogen) atoms. The highest BCUT2D eigenvalue weighted by molar-refractivity contribution is 7.94. The summed E-state index contributed by atoms with van der Waals surface area (Å²) in [4.78, 5) is 4.52. The molecule has 3 aromatic rings. The van der Waals surface area contributed by atoms with Crippen LogP contribution in [-0.2, 0) is 14.6 Å². The molecule has 0 bridgehead atoms. The van der Waals surface area contributed by atoms with Crippen LogP contribution in [0.3, 0.4) is 0 Å². The number of aromatic nitrogens is 1. The van der Waals surface area contributed by atoms with Gasteiger partial charge in [-0.2, -0.15) is 10.5 Å². The van der Waals surface area contributed by atoms with E-state index in [4.69, 9.17) is 4.74 Å². The van der Waals surface area contributed by atoms with Gasteiger partial charge in [-0.25, -0.2) is 13.4 Å². The number of rotatable bonds is 14. The molecule has 0 spiro atoms. The van der Waals surface area contributed by atoms with Crippen molar-refractivity contribution < 1.29 is 13.2 Å². The van der Waals surface area contributed by atoms with E-state index < -0.39 is 9.84 Å². The fourth-order valence-electron chi connectivity index (χ4n) is 3.29. The van der Waals surface area contributed by atoms with Crippen LogP contribution < -0.4 is 10.6 Å². The highest BCUT2D eigenvalue weighted by Gasteiger charge is 2.18. The lowest BCUT2D eigenvalue weighted by Gasteiger charge is -2.15. The highest BCUT2D eigenvalue weighted by Crippen LogP contribution is 2.40. The third-order valence-corrected chi connectivity index (χ3v) is 7.54. The first-order valence-electron chi connectivity index (χ1n) is 12.0. The van der Waals surface area contributed by atoms with Gasteiger partial charge in [0.25, 0.3) is 0 Å². The Morgan fingerprint density at radius 1 is 1.07 bits per heavy atom. The van der Waals surface area contributed by atoms with Crippen molar-refractivity contribution in [2.75, 3.05) is 43.2 Å². The number of thiophene rings is 1. The molecule has 0 saturated heterocycles. The minimum Gasteiger partial charge on any atom is -0.385 e. The summed E-state index contributed by atoms with van der Waals surface area (Å²) in [5, 5.41) is 44.2. The maximum Gasteiger partial charge on any atom is 0.172 e. The second-order valence-corrected chi connectivity index (χ2v) is 11.2. The van der Waals surface area contributed by atoms with Crippen LogP contribution in [0.4, 0.5) is 33.0 Å². The summed E-state index contributed by atoms with van der Waals surface area (Å²) >= 11 is 1.12. The van der Waals surface area contributed by atoms with Gasteiger partial charge in [0.2, 0.25) is 0 Å². The van der Waals surface area contributed by atoms with Gasteiger partial charge in [0.05, 0.1) is 22.6 Å². The molecule has 0 unspecified atom stereocenters. The molecule has 12 nitrogen and oxygen atoms in total. The third-order valence-electron chi connectivity index (χ3n) is 5.36. The summed E-state index contributed by atoms with van der Waals surface area (Å²) < 4.78 is 28.9. The molecule has 3 rings (SSSR count). The van der Waals surface area contributed by atoms with Crippen LogP contribution in [0.1, 0.15) is 23.1 Å². The van der Waals surface area contributed by atoms with Crippen molar-refractivity contribution in [2.45, 2.75) is 13.3 Å². The summed E-state index contributed by atoms with van der Waals surface area (Å²) in [7, 11) is -1.86. The molecular weight excluding hydrogens is 550 g/mol. The van der Waals surface area contributed by atoms with E-state index in [1.54, 1.807) is 32.2 Å². The number of nitrogens with one attached hydrogen (secondary N) is 2. The molecule has 206 valence electrons. The maximum absolute atomic E-state index is 11.9. The number of nitriles is 2. The van der Waals surface area contributed by atoms with E-state index in [1.165, 1.54) is 0 Å². The first-order valence-corrected chi connectivity index (χ1v) is 14.5. The number of sulfone groups is 1. The maximum atomic E-state index is 11.9. The molecule has 2 N–H and O–H groups in total. The fraction of sp³-hybridized carbons (Fsp3) is 0.269. The number of anilines is 2. The largest absolute Gasteiger partial charge is 0.385 e. The van der Waals surface area contributed by atoms with E-state index >= 15 is 0 Å². The number of hydrogen-bond donors (Lipinski definition) is 2. The summed E-state index contributed by atoms with van der Waals surface area (Å²) in [6.07, 6.45) is 0.684. The van der Waals surface area contributed by atoms with Gasteiger partial charge in [-0.1, -0.05) is 36.1 Å². The van der Waals surface area contributed by atoms with E-state index in [9.17, 15) is 18.9 Å². The average Bonchev–Trinajstić information content (AvgIpc) is 3.36. The normalized spacial score (nSPS) is 11.4. The second-order valence-electron chi connectivity index (χ2n) is 8.15. The topological polar surface area (TPSA) is 177 Å². The molecule has 0 saturated carbocycles. The van der Waals surface area contributed by atoms with Crippen molar-refractivity contribution in [2.24, 2.45) is 20.5 Å². The van der Waals surface area contributed by atoms with Crippen LogP contribution >= 0.6 is 11.3 Å². The minimum atomic E-state index is -3.46. The Kier molecular flexibility index (Phi) is 11.0. The van der Waals surface area contributed by atoms with Crippen molar-refractivity contribution in [3.8, 4) is 12.1 Å². The van der Waals surface area contributed by atoms with Crippen LogP contribution in [0.5, 0.6) is 0 Å². The Bertz CT molecular complexity index is 1590. The first kappa shape index (κ1) is 30.0. The van der Waals surface area contributed by atoms with Crippen LogP contribution in [0.25, 0.3) is 0 Å². The van der Waals surface area contributed by atoms with E-state index in [0.717, 1.165) is 16.7 Å². The van der Waals surface area contributed by atoms with E-state index in [1.807, 2.05) is 18.2 Å². The predicted molar refractivity (Wildman–Crippen MR) is 155 cm³/mol.